The molecule has 1 amide bonds. The van der Waals surface area contributed by atoms with Crippen molar-refractivity contribution in [2.75, 3.05) is 46.0 Å². The van der Waals surface area contributed by atoms with Gasteiger partial charge in [0.15, 0.2) is 5.76 Å². The van der Waals surface area contributed by atoms with Gasteiger partial charge in [-0.1, -0.05) is 31.5 Å². The first-order valence-corrected chi connectivity index (χ1v) is 13.7. The number of Topliss-reactive ketones (excluding diaryl/α,β-unsaturated/α-hetero) is 1. The van der Waals surface area contributed by atoms with Crippen LogP contribution in [0.25, 0.3) is 11.4 Å². The topological polar surface area (TPSA) is 96.6 Å². The molecule has 1 unspecified atom stereocenters. The number of ether oxygens (including phenoxy) is 2. The molecule has 206 valence electrons. The third-order valence-corrected chi connectivity index (χ3v) is 7.57. The Bertz CT molecular complexity index is 1390. The molecule has 0 bridgehead atoms. The number of aryl methyl sites for hydroxylation is 2. The molecule has 9 heteroatoms. The first-order valence-electron chi connectivity index (χ1n) is 13.7. The number of amides is 1. The van der Waals surface area contributed by atoms with E-state index in [0.717, 1.165) is 42.8 Å². The highest BCUT2D eigenvalue weighted by Gasteiger charge is 2.46. The zero-order valence-corrected chi connectivity index (χ0v) is 22.9. The molecule has 0 aliphatic carbocycles. The van der Waals surface area contributed by atoms with Gasteiger partial charge in [0, 0.05) is 32.4 Å². The highest BCUT2D eigenvalue weighted by atomic mass is 16.5. The van der Waals surface area contributed by atoms with Crippen LogP contribution in [-0.4, -0.2) is 82.0 Å². The Balaban J connectivity index is 1.55. The maximum absolute atomic E-state index is 13.5. The molecule has 3 aromatic rings. The minimum Gasteiger partial charge on any atom is -0.505 e. The van der Waals surface area contributed by atoms with E-state index >= 15 is 0 Å². The number of aliphatic hydroxyl groups excluding tert-OH is 1. The number of morpholine rings is 1. The van der Waals surface area contributed by atoms with Crippen LogP contribution in [0.2, 0.25) is 0 Å². The van der Waals surface area contributed by atoms with Crippen molar-refractivity contribution >= 4 is 23.1 Å². The number of unbranched alkanes of at least 4 members (excludes halogenated alkanes) is 1. The minimum absolute atomic E-state index is 0.0609. The Labute approximate surface area is 228 Å². The second-order valence-corrected chi connectivity index (χ2v) is 10.1. The molecule has 0 spiro atoms. The summed E-state index contributed by atoms with van der Waals surface area (Å²) in [5.41, 5.74) is 3.44. The van der Waals surface area contributed by atoms with E-state index in [1.807, 2.05) is 60.8 Å². The highest BCUT2D eigenvalue weighted by Crippen LogP contribution is 2.40. The molecule has 5 rings (SSSR count). The molecule has 0 saturated carbocycles. The number of ketones is 1. The van der Waals surface area contributed by atoms with Crippen molar-refractivity contribution in [3.8, 4) is 5.75 Å². The van der Waals surface area contributed by atoms with Crippen LogP contribution < -0.4 is 4.74 Å². The maximum atomic E-state index is 13.5. The molecule has 1 atom stereocenters. The van der Waals surface area contributed by atoms with Gasteiger partial charge in [-0.05, 0) is 49.6 Å². The maximum Gasteiger partial charge on any atom is 0.295 e. The Morgan fingerprint density at radius 3 is 2.54 bits per heavy atom. The number of rotatable bonds is 9. The van der Waals surface area contributed by atoms with Crippen LogP contribution in [0.5, 0.6) is 5.75 Å². The summed E-state index contributed by atoms with van der Waals surface area (Å²) in [6, 6.07) is 10.6. The summed E-state index contributed by atoms with van der Waals surface area (Å²) in [4.78, 5) is 35.4. The van der Waals surface area contributed by atoms with Crippen molar-refractivity contribution in [3.63, 3.8) is 0 Å². The van der Waals surface area contributed by atoms with E-state index in [1.165, 1.54) is 0 Å². The number of benzene rings is 1. The smallest absolute Gasteiger partial charge is 0.295 e. The van der Waals surface area contributed by atoms with Gasteiger partial charge in [0.2, 0.25) is 0 Å². The van der Waals surface area contributed by atoms with E-state index in [1.54, 1.807) is 4.90 Å². The van der Waals surface area contributed by atoms with E-state index < -0.39 is 17.7 Å². The van der Waals surface area contributed by atoms with Gasteiger partial charge < -0.3 is 23.9 Å². The largest absolute Gasteiger partial charge is 0.505 e. The summed E-state index contributed by atoms with van der Waals surface area (Å²) in [6.45, 7) is 10.3. The lowest BCUT2D eigenvalue weighted by Gasteiger charge is -2.31. The molecule has 2 fully saturated rings. The molecule has 39 heavy (non-hydrogen) atoms. The number of aliphatic hydroxyl groups is 1. The number of aromatic nitrogens is 2. The zero-order valence-electron chi connectivity index (χ0n) is 22.9. The molecule has 1 N–H and O–H groups in total. The Kier molecular flexibility index (Phi) is 7.99. The molecule has 2 aromatic heterocycles. The molecule has 0 radical (unpaired) electrons. The Hall–Kier alpha value is -3.69. The summed E-state index contributed by atoms with van der Waals surface area (Å²) in [5, 5.41) is 11.6. The number of imidazole rings is 1. The van der Waals surface area contributed by atoms with Gasteiger partial charge in [-0.25, -0.2) is 4.98 Å². The molecule has 2 aliphatic rings. The van der Waals surface area contributed by atoms with Crippen LogP contribution in [0.1, 0.15) is 48.3 Å². The van der Waals surface area contributed by atoms with Gasteiger partial charge in [0.1, 0.15) is 17.1 Å². The standard InChI is InChI=1S/C30H36N4O5/c1-4-5-17-39-23-10-8-22(9-11-23)26-24(27(35)25-21(3)33-12-6-7-20(2)29(33)31-25)28(36)30(37)34(26)14-13-32-15-18-38-19-16-32/h6-12,26,35H,4-5,13-19H2,1-3H3/b27-24+. The van der Waals surface area contributed by atoms with Crippen LogP contribution in [0.4, 0.5) is 0 Å². The van der Waals surface area contributed by atoms with Gasteiger partial charge in [0.05, 0.1) is 37.1 Å². The molecular weight excluding hydrogens is 496 g/mol. The van der Waals surface area contributed by atoms with E-state index in [0.29, 0.717) is 49.9 Å². The van der Waals surface area contributed by atoms with Crippen molar-refractivity contribution in [1.29, 1.82) is 0 Å². The third-order valence-electron chi connectivity index (χ3n) is 7.57. The molecule has 2 saturated heterocycles. The highest BCUT2D eigenvalue weighted by molar-refractivity contribution is 6.46. The van der Waals surface area contributed by atoms with Gasteiger partial charge in [0.25, 0.3) is 11.7 Å². The van der Waals surface area contributed by atoms with Crippen molar-refractivity contribution in [1.82, 2.24) is 19.2 Å². The number of pyridine rings is 1. The summed E-state index contributed by atoms with van der Waals surface area (Å²) >= 11 is 0. The van der Waals surface area contributed by atoms with Crippen LogP contribution in [0.3, 0.4) is 0 Å². The number of hydrogen-bond donors (Lipinski definition) is 1. The quantitative estimate of drug-likeness (QED) is 0.193. The van der Waals surface area contributed by atoms with Crippen LogP contribution in [0.15, 0.2) is 48.2 Å². The normalized spacial score (nSPS) is 19.8. The number of carbonyl (C=O) groups is 2. The van der Waals surface area contributed by atoms with E-state index in [4.69, 9.17) is 9.47 Å². The second kappa shape index (κ2) is 11.6. The molecular formula is C30H36N4O5. The third kappa shape index (κ3) is 5.29. The molecule has 1 aromatic carbocycles. The average molecular weight is 533 g/mol. The van der Waals surface area contributed by atoms with E-state index in [9.17, 15) is 14.7 Å². The van der Waals surface area contributed by atoms with Crippen molar-refractivity contribution < 1.29 is 24.2 Å². The molecule has 9 nitrogen and oxygen atoms in total. The number of carbonyl (C=O) groups excluding carboxylic acids is 2. The first kappa shape index (κ1) is 26.9. The zero-order chi connectivity index (χ0) is 27.5. The Morgan fingerprint density at radius 2 is 1.85 bits per heavy atom. The SMILES string of the molecule is CCCCOc1ccc(C2/C(=C(\O)c3nc4c(C)cccn4c3C)C(=O)C(=O)N2CCN2CCOCC2)cc1. The fourth-order valence-corrected chi connectivity index (χ4v) is 5.29. The second-order valence-electron chi connectivity index (χ2n) is 10.1. The fourth-order valence-electron chi connectivity index (χ4n) is 5.29. The van der Waals surface area contributed by atoms with Crippen molar-refractivity contribution in [2.45, 2.75) is 39.7 Å². The van der Waals surface area contributed by atoms with Gasteiger partial charge >= 0.3 is 0 Å². The minimum atomic E-state index is -0.735. The van der Waals surface area contributed by atoms with Crippen molar-refractivity contribution in [2.24, 2.45) is 0 Å². The summed E-state index contributed by atoms with van der Waals surface area (Å²) in [6.07, 6.45) is 3.87. The summed E-state index contributed by atoms with van der Waals surface area (Å²) in [5.74, 6) is -0.841. The van der Waals surface area contributed by atoms with Crippen LogP contribution in [-0.2, 0) is 14.3 Å². The first-order chi connectivity index (χ1) is 18.9. The number of likely N-dealkylation sites (tertiary alicyclic amines) is 1. The predicted molar refractivity (Wildman–Crippen MR) is 148 cm³/mol. The van der Waals surface area contributed by atoms with Crippen molar-refractivity contribution in [3.05, 3.63) is 70.7 Å². The lowest BCUT2D eigenvalue weighted by atomic mass is 9.96. The van der Waals surface area contributed by atoms with Gasteiger partial charge in [-0.2, -0.15) is 0 Å². The van der Waals surface area contributed by atoms with Crippen LogP contribution in [0, 0.1) is 13.8 Å². The lowest BCUT2D eigenvalue weighted by Crippen LogP contribution is -2.42. The molecule has 2 aliphatic heterocycles. The number of hydrogen-bond acceptors (Lipinski definition) is 7. The predicted octanol–water partition coefficient (Wildman–Crippen LogP) is 3.88. The number of fused-ring (bicyclic) bond motifs is 1. The summed E-state index contributed by atoms with van der Waals surface area (Å²) in [7, 11) is 0. The van der Waals surface area contributed by atoms with E-state index in [-0.39, 0.29) is 11.3 Å². The van der Waals surface area contributed by atoms with Gasteiger partial charge in [-0.3, -0.25) is 14.5 Å². The number of nitrogens with zero attached hydrogens (tertiary/aromatic N) is 4. The average Bonchev–Trinajstić information content (AvgIpc) is 3.42. The lowest BCUT2D eigenvalue weighted by molar-refractivity contribution is -0.140. The summed E-state index contributed by atoms with van der Waals surface area (Å²) < 4.78 is 13.2. The fraction of sp³-hybridized carbons (Fsp3) is 0.433. The monoisotopic (exact) mass is 532 g/mol. The molecule has 4 heterocycles. The van der Waals surface area contributed by atoms with Crippen LogP contribution >= 0.6 is 0 Å². The van der Waals surface area contributed by atoms with Gasteiger partial charge in [-0.15, -0.1) is 0 Å². The van der Waals surface area contributed by atoms with E-state index in [2.05, 4.69) is 16.8 Å². The Morgan fingerprint density at radius 1 is 1.10 bits per heavy atom.